The number of para-hydroxylation sites is 1. The number of rotatable bonds is 8. The van der Waals surface area contributed by atoms with Crippen LogP contribution < -0.4 is 10.5 Å². The van der Waals surface area contributed by atoms with E-state index in [9.17, 15) is 9.59 Å². The van der Waals surface area contributed by atoms with Crippen LogP contribution in [-0.2, 0) is 11.3 Å². The van der Waals surface area contributed by atoms with Crippen LogP contribution in [0.3, 0.4) is 0 Å². The molecule has 142 valence electrons. The summed E-state index contributed by atoms with van der Waals surface area (Å²) in [5.41, 5.74) is 0.610. The highest BCUT2D eigenvalue weighted by Crippen LogP contribution is 2.23. The Labute approximate surface area is 170 Å². The van der Waals surface area contributed by atoms with Gasteiger partial charge in [-0.05, 0) is 23.6 Å². The maximum absolute atomic E-state index is 12.9. The molecule has 0 radical (unpaired) electrons. The van der Waals surface area contributed by atoms with Gasteiger partial charge in [0.05, 0.1) is 23.6 Å². The molecule has 6 nitrogen and oxygen atoms in total. The van der Waals surface area contributed by atoms with Crippen molar-refractivity contribution in [2.75, 3.05) is 17.2 Å². The Morgan fingerprint density at radius 3 is 2.86 bits per heavy atom. The van der Waals surface area contributed by atoms with Crippen LogP contribution in [0.1, 0.15) is 6.42 Å². The zero-order valence-corrected chi connectivity index (χ0v) is 16.7. The Bertz CT molecular complexity index is 1080. The van der Waals surface area contributed by atoms with Crippen molar-refractivity contribution in [1.29, 1.82) is 5.26 Å². The monoisotopic (exact) mass is 410 g/mol. The molecule has 0 aliphatic heterocycles. The van der Waals surface area contributed by atoms with Crippen molar-refractivity contribution in [2.45, 2.75) is 18.1 Å². The van der Waals surface area contributed by atoms with E-state index in [1.807, 2.05) is 35.7 Å². The Kier molecular flexibility index (Phi) is 6.63. The molecule has 0 unspecified atom stereocenters. The van der Waals surface area contributed by atoms with E-state index in [0.717, 1.165) is 5.69 Å². The van der Waals surface area contributed by atoms with Crippen LogP contribution in [0.25, 0.3) is 10.2 Å². The molecule has 8 heteroatoms. The smallest absolute Gasteiger partial charge is 0.263 e. The molecular formula is C20H18N4O2S2. The van der Waals surface area contributed by atoms with Gasteiger partial charge >= 0.3 is 0 Å². The summed E-state index contributed by atoms with van der Waals surface area (Å²) in [6.07, 6.45) is 1.88. The van der Waals surface area contributed by atoms with Gasteiger partial charge in [0.1, 0.15) is 4.83 Å². The van der Waals surface area contributed by atoms with E-state index in [-0.39, 0.29) is 23.6 Å². The van der Waals surface area contributed by atoms with E-state index in [0.29, 0.717) is 28.5 Å². The number of aromatic nitrogens is 2. The number of anilines is 1. The quantitative estimate of drug-likeness (QED) is 0.321. The highest BCUT2D eigenvalue weighted by Gasteiger charge is 2.18. The molecule has 0 fully saturated rings. The molecule has 0 aliphatic rings. The van der Waals surface area contributed by atoms with Gasteiger partial charge in [-0.1, -0.05) is 36.0 Å². The lowest BCUT2D eigenvalue weighted by atomic mass is 10.2. The fourth-order valence-electron chi connectivity index (χ4n) is 2.70. The summed E-state index contributed by atoms with van der Waals surface area (Å²) in [5.74, 6) is -0.0297. The Hall–Kier alpha value is -2.89. The van der Waals surface area contributed by atoms with Crippen molar-refractivity contribution >= 4 is 44.9 Å². The molecule has 28 heavy (non-hydrogen) atoms. The van der Waals surface area contributed by atoms with Crippen molar-refractivity contribution in [3.05, 3.63) is 64.8 Å². The zero-order chi connectivity index (χ0) is 19.9. The van der Waals surface area contributed by atoms with Gasteiger partial charge < -0.3 is 4.90 Å². The van der Waals surface area contributed by atoms with E-state index in [1.54, 1.807) is 17.0 Å². The number of fused-ring (bicyclic) bond motifs is 1. The fraction of sp³-hybridized carbons (Fsp3) is 0.200. The molecule has 2 aromatic heterocycles. The van der Waals surface area contributed by atoms with Crippen molar-refractivity contribution in [1.82, 2.24) is 9.55 Å². The lowest BCUT2D eigenvalue weighted by Gasteiger charge is -2.21. The molecule has 1 aromatic carbocycles. The van der Waals surface area contributed by atoms with Crippen molar-refractivity contribution in [2.24, 2.45) is 0 Å². The van der Waals surface area contributed by atoms with Crippen LogP contribution in [0, 0.1) is 11.3 Å². The molecule has 2 heterocycles. The van der Waals surface area contributed by atoms with Crippen LogP contribution in [0.2, 0.25) is 0 Å². The van der Waals surface area contributed by atoms with E-state index >= 15 is 0 Å². The molecule has 1 amide bonds. The van der Waals surface area contributed by atoms with Gasteiger partial charge in [-0.2, -0.15) is 5.26 Å². The standard InChI is InChI=1S/C20H18N4O2S2/c1-2-11-24-19(26)16-9-13-27-18(16)22-20(24)28-14-17(25)23(12-6-10-21)15-7-4-3-5-8-15/h2-5,7-9,13H,1,6,11-12,14H2. The SMILES string of the molecule is C=CCn1c(SCC(=O)N(CCC#N)c2ccccc2)nc2sccc2c1=O. The van der Waals surface area contributed by atoms with Crippen molar-refractivity contribution in [3.8, 4) is 6.07 Å². The molecule has 0 spiro atoms. The summed E-state index contributed by atoms with van der Waals surface area (Å²) in [7, 11) is 0. The number of hydrogen-bond acceptors (Lipinski definition) is 6. The van der Waals surface area contributed by atoms with Crippen molar-refractivity contribution in [3.63, 3.8) is 0 Å². The van der Waals surface area contributed by atoms with E-state index in [4.69, 9.17) is 5.26 Å². The lowest BCUT2D eigenvalue weighted by Crippen LogP contribution is -2.33. The Morgan fingerprint density at radius 1 is 1.36 bits per heavy atom. The molecule has 3 aromatic rings. The Balaban J connectivity index is 1.84. The van der Waals surface area contributed by atoms with Crippen molar-refractivity contribution < 1.29 is 4.79 Å². The second-order valence-electron chi connectivity index (χ2n) is 5.82. The van der Waals surface area contributed by atoms with Gasteiger partial charge in [-0.3, -0.25) is 14.2 Å². The first-order valence-corrected chi connectivity index (χ1v) is 10.5. The molecule has 0 bridgehead atoms. The Morgan fingerprint density at radius 2 is 2.14 bits per heavy atom. The first-order valence-electron chi connectivity index (χ1n) is 8.59. The summed E-state index contributed by atoms with van der Waals surface area (Å²) in [5, 5.41) is 11.8. The summed E-state index contributed by atoms with van der Waals surface area (Å²) in [4.78, 5) is 32.3. The number of thiophene rings is 1. The number of amides is 1. The minimum Gasteiger partial charge on any atom is -0.311 e. The lowest BCUT2D eigenvalue weighted by molar-refractivity contribution is -0.116. The molecule has 0 aliphatic carbocycles. The largest absolute Gasteiger partial charge is 0.311 e. The third-order valence-corrected chi connectivity index (χ3v) is 5.77. The number of nitriles is 1. The first kappa shape index (κ1) is 19.9. The number of allylic oxidation sites excluding steroid dienone is 1. The molecule has 3 rings (SSSR count). The summed E-state index contributed by atoms with van der Waals surface area (Å²) in [6.45, 7) is 4.34. The van der Waals surface area contributed by atoms with E-state index in [1.165, 1.54) is 27.7 Å². The number of nitrogens with zero attached hydrogens (tertiary/aromatic N) is 4. The summed E-state index contributed by atoms with van der Waals surface area (Å²) >= 11 is 2.62. The molecule has 0 saturated heterocycles. The highest BCUT2D eigenvalue weighted by atomic mass is 32.2. The number of benzene rings is 1. The van der Waals surface area contributed by atoms with E-state index < -0.39 is 0 Å². The summed E-state index contributed by atoms with van der Waals surface area (Å²) in [6, 6.07) is 13.1. The number of hydrogen-bond donors (Lipinski definition) is 0. The van der Waals surface area contributed by atoms with Gasteiger partial charge in [0.15, 0.2) is 5.16 Å². The minimum absolute atomic E-state index is 0.112. The average Bonchev–Trinajstić information content (AvgIpc) is 3.19. The van der Waals surface area contributed by atoms with Gasteiger partial charge in [0, 0.05) is 18.8 Å². The van der Waals surface area contributed by atoms with Gasteiger partial charge in [-0.25, -0.2) is 4.98 Å². The topological polar surface area (TPSA) is 79.0 Å². The normalized spacial score (nSPS) is 10.5. The predicted molar refractivity (Wildman–Crippen MR) is 114 cm³/mol. The second kappa shape index (κ2) is 9.35. The second-order valence-corrected chi connectivity index (χ2v) is 7.65. The highest BCUT2D eigenvalue weighted by molar-refractivity contribution is 7.99. The predicted octanol–water partition coefficient (Wildman–Crippen LogP) is 3.68. The zero-order valence-electron chi connectivity index (χ0n) is 15.1. The third-order valence-electron chi connectivity index (χ3n) is 4.00. The van der Waals surface area contributed by atoms with Gasteiger partial charge in [-0.15, -0.1) is 17.9 Å². The maximum atomic E-state index is 12.9. The van der Waals surface area contributed by atoms with Crippen LogP contribution in [0.15, 0.2) is 64.4 Å². The van der Waals surface area contributed by atoms with Gasteiger partial charge in [0.25, 0.3) is 5.56 Å². The maximum Gasteiger partial charge on any atom is 0.263 e. The molecular weight excluding hydrogens is 392 g/mol. The molecule has 0 atom stereocenters. The number of thioether (sulfide) groups is 1. The molecule has 0 N–H and O–H groups in total. The fourth-order valence-corrected chi connectivity index (χ4v) is 4.39. The number of carbonyl (C=O) groups is 1. The average molecular weight is 411 g/mol. The van der Waals surface area contributed by atoms with Crippen LogP contribution in [-0.4, -0.2) is 27.8 Å². The van der Waals surface area contributed by atoms with Crippen LogP contribution >= 0.6 is 23.1 Å². The minimum atomic E-state index is -0.142. The van der Waals surface area contributed by atoms with Gasteiger partial charge in [0.2, 0.25) is 5.91 Å². The molecule has 0 saturated carbocycles. The van der Waals surface area contributed by atoms with E-state index in [2.05, 4.69) is 17.6 Å². The third kappa shape index (κ3) is 4.32. The first-order chi connectivity index (χ1) is 13.7. The number of carbonyl (C=O) groups excluding carboxylic acids is 1. The van der Waals surface area contributed by atoms with Crippen LogP contribution in [0.4, 0.5) is 5.69 Å². The summed E-state index contributed by atoms with van der Waals surface area (Å²) < 4.78 is 1.53. The van der Waals surface area contributed by atoms with Crippen LogP contribution in [0.5, 0.6) is 0 Å².